The zero-order valence-corrected chi connectivity index (χ0v) is 14.7. The number of ether oxygens (including phenoxy) is 1. The Bertz CT molecular complexity index is 798. The molecule has 0 aliphatic heterocycles. The summed E-state index contributed by atoms with van der Waals surface area (Å²) in [6.45, 7) is 4.50. The van der Waals surface area contributed by atoms with Gasteiger partial charge < -0.3 is 15.4 Å². The summed E-state index contributed by atoms with van der Waals surface area (Å²) in [5, 5.41) is 6.75. The van der Waals surface area contributed by atoms with Crippen LogP contribution in [-0.4, -0.2) is 42.0 Å². The van der Waals surface area contributed by atoms with E-state index in [2.05, 4.69) is 20.6 Å². The third kappa shape index (κ3) is 3.48. The maximum Gasteiger partial charge on any atom is 0.348 e. The van der Waals surface area contributed by atoms with Crippen LogP contribution in [0.4, 0.5) is 5.82 Å². The van der Waals surface area contributed by atoms with E-state index in [4.69, 9.17) is 4.74 Å². The quantitative estimate of drug-likeness (QED) is 0.776. The van der Waals surface area contributed by atoms with Crippen molar-refractivity contribution in [3.63, 3.8) is 0 Å². The van der Waals surface area contributed by atoms with Gasteiger partial charge in [-0.3, -0.25) is 4.79 Å². The van der Waals surface area contributed by atoms with Crippen LogP contribution in [0.5, 0.6) is 0 Å². The second-order valence-electron chi connectivity index (χ2n) is 5.95. The van der Waals surface area contributed by atoms with Crippen LogP contribution in [0, 0.1) is 19.8 Å². The number of methoxy groups -OCH3 is 1. The number of carbonyl (C=O) groups excluding carboxylic acids is 2. The van der Waals surface area contributed by atoms with Crippen LogP contribution < -0.4 is 10.6 Å². The van der Waals surface area contributed by atoms with Gasteiger partial charge in [0, 0.05) is 6.54 Å². The Morgan fingerprint density at radius 3 is 2.71 bits per heavy atom. The van der Waals surface area contributed by atoms with Crippen LogP contribution in [-0.2, 0) is 9.53 Å². The fraction of sp³-hybridized carbons (Fsp3) is 0.500. The maximum atomic E-state index is 11.9. The number of thiophene rings is 1. The van der Waals surface area contributed by atoms with E-state index < -0.39 is 0 Å². The molecule has 3 rings (SSSR count). The summed E-state index contributed by atoms with van der Waals surface area (Å²) in [5.41, 5.74) is 0.766. The number of nitrogens with one attached hydrogen (secondary N) is 2. The molecular formula is C16H20N4O3S. The largest absolute Gasteiger partial charge is 0.465 e. The van der Waals surface area contributed by atoms with Crippen molar-refractivity contribution in [1.29, 1.82) is 0 Å². The number of esters is 1. The average molecular weight is 348 g/mol. The van der Waals surface area contributed by atoms with E-state index in [1.807, 2.05) is 6.92 Å². The van der Waals surface area contributed by atoms with Crippen LogP contribution in [0.3, 0.4) is 0 Å². The fourth-order valence-corrected chi connectivity index (χ4v) is 3.61. The zero-order valence-electron chi connectivity index (χ0n) is 13.9. The van der Waals surface area contributed by atoms with Crippen molar-refractivity contribution >= 4 is 39.2 Å². The number of rotatable bonds is 6. The first-order chi connectivity index (χ1) is 11.5. The number of aromatic nitrogens is 2. The predicted octanol–water partition coefficient (Wildman–Crippen LogP) is 2.03. The molecule has 1 saturated carbocycles. The van der Waals surface area contributed by atoms with Crippen LogP contribution in [0.25, 0.3) is 10.2 Å². The Morgan fingerprint density at radius 1 is 1.29 bits per heavy atom. The van der Waals surface area contributed by atoms with Gasteiger partial charge in [0.05, 0.1) is 19.0 Å². The van der Waals surface area contributed by atoms with Crippen LogP contribution in [0.2, 0.25) is 0 Å². The molecule has 2 heterocycles. The summed E-state index contributed by atoms with van der Waals surface area (Å²) in [6.07, 6.45) is 2.40. The van der Waals surface area contributed by atoms with E-state index in [0.29, 0.717) is 27.3 Å². The number of fused-ring (bicyclic) bond motifs is 1. The molecule has 2 N–H and O–H groups in total. The number of anilines is 1. The van der Waals surface area contributed by atoms with Crippen molar-refractivity contribution in [3.8, 4) is 0 Å². The summed E-state index contributed by atoms with van der Waals surface area (Å²) < 4.78 is 4.81. The second-order valence-corrected chi connectivity index (χ2v) is 6.95. The minimum atomic E-state index is -0.388. The van der Waals surface area contributed by atoms with Crippen molar-refractivity contribution in [1.82, 2.24) is 15.3 Å². The van der Waals surface area contributed by atoms with E-state index >= 15 is 0 Å². The summed E-state index contributed by atoms with van der Waals surface area (Å²) in [6, 6.07) is 0. The molecule has 1 aliphatic rings. The summed E-state index contributed by atoms with van der Waals surface area (Å²) in [7, 11) is 1.35. The Kier molecular flexibility index (Phi) is 4.66. The lowest BCUT2D eigenvalue weighted by Gasteiger charge is -2.09. The molecule has 0 radical (unpaired) electrons. The molecule has 0 unspecified atom stereocenters. The van der Waals surface area contributed by atoms with Crippen LogP contribution in [0.1, 0.15) is 33.9 Å². The molecule has 0 bridgehead atoms. The highest BCUT2D eigenvalue weighted by Gasteiger charge is 2.22. The molecule has 7 nitrogen and oxygen atoms in total. The molecule has 1 aliphatic carbocycles. The van der Waals surface area contributed by atoms with Gasteiger partial charge in [-0.1, -0.05) is 0 Å². The number of carbonyl (C=O) groups is 2. The molecule has 0 saturated heterocycles. The lowest BCUT2D eigenvalue weighted by Crippen LogP contribution is -2.31. The monoisotopic (exact) mass is 348 g/mol. The molecule has 24 heavy (non-hydrogen) atoms. The molecule has 8 heteroatoms. The van der Waals surface area contributed by atoms with E-state index in [1.165, 1.54) is 31.3 Å². The number of hydrogen-bond donors (Lipinski definition) is 2. The first-order valence-electron chi connectivity index (χ1n) is 7.86. The Labute approximate surface area is 143 Å². The molecule has 0 aromatic carbocycles. The van der Waals surface area contributed by atoms with Gasteiger partial charge in [0.2, 0.25) is 5.91 Å². The van der Waals surface area contributed by atoms with Crippen molar-refractivity contribution in [2.75, 3.05) is 25.5 Å². The summed E-state index contributed by atoms with van der Waals surface area (Å²) in [5.74, 6) is 1.35. The van der Waals surface area contributed by atoms with Crippen molar-refractivity contribution in [3.05, 3.63) is 16.3 Å². The van der Waals surface area contributed by atoms with Gasteiger partial charge in [-0.25, -0.2) is 14.8 Å². The lowest BCUT2D eigenvalue weighted by molar-refractivity contribution is -0.119. The molecule has 0 spiro atoms. The lowest BCUT2D eigenvalue weighted by atomic mass is 10.2. The van der Waals surface area contributed by atoms with E-state index in [0.717, 1.165) is 17.5 Å². The molecular weight excluding hydrogens is 328 g/mol. The Hall–Kier alpha value is -2.22. The second kappa shape index (κ2) is 6.72. The zero-order chi connectivity index (χ0) is 17.3. The molecule has 1 amide bonds. The van der Waals surface area contributed by atoms with Crippen molar-refractivity contribution in [2.45, 2.75) is 26.7 Å². The van der Waals surface area contributed by atoms with Gasteiger partial charge in [0.25, 0.3) is 0 Å². The van der Waals surface area contributed by atoms with Gasteiger partial charge in [0.1, 0.15) is 21.3 Å². The number of aryl methyl sites for hydroxylation is 2. The third-order valence-electron chi connectivity index (χ3n) is 3.97. The van der Waals surface area contributed by atoms with E-state index in [9.17, 15) is 9.59 Å². The van der Waals surface area contributed by atoms with Gasteiger partial charge in [-0.15, -0.1) is 11.3 Å². The number of amides is 1. The summed E-state index contributed by atoms with van der Waals surface area (Å²) >= 11 is 1.28. The SMILES string of the molecule is COC(=O)c1sc2nc(C)nc(NCC(=O)NCC3CC3)c2c1C. The van der Waals surface area contributed by atoms with Crippen LogP contribution in [0.15, 0.2) is 0 Å². The van der Waals surface area contributed by atoms with Gasteiger partial charge >= 0.3 is 5.97 Å². The van der Waals surface area contributed by atoms with Gasteiger partial charge in [-0.05, 0) is 38.2 Å². The third-order valence-corrected chi connectivity index (χ3v) is 5.14. The minimum absolute atomic E-state index is 0.0626. The highest BCUT2D eigenvalue weighted by atomic mass is 32.1. The van der Waals surface area contributed by atoms with Gasteiger partial charge in [0.15, 0.2) is 0 Å². The molecule has 0 atom stereocenters. The minimum Gasteiger partial charge on any atom is -0.465 e. The average Bonchev–Trinajstić information content (AvgIpc) is 3.33. The van der Waals surface area contributed by atoms with Crippen LogP contribution >= 0.6 is 11.3 Å². The van der Waals surface area contributed by atoms with Crippen molar-refractivity contribution in [2.24, 2.45) is 5.92 Å². The smallest absolute Gasteiger partial charge is 0.348 e. The highest BCUT2D eigenvalue weighted by molar-refractivity contribution is 7.20. The molecule has 2 aromatic heterocycles. The standard InChI is InChI=1S/C16H20N4O3S/c1-8-12-14(18-7-11(21)17-6-10-4-5-10)19-9(2)20-15(12)24-13(8)16(22)23-3/h10H,4-7H2,1-3H3,(H,17,21)(H,18,19,20). The summed E-state index contributed by atoms with van der Waals surface area (Å²) in [4.78, 5) is 33.8. The number of nitrogens with zero attached hydrogens (tertiary/aromatic N) is 2. The molecule has 1 fully saturated rings. The first kappa shape index (κ1) is 16.6. The normalized spacial score (nSPS) is 13.8. The first-order valence-corrected chi connectivity index (χ1v) is 8.68. The van der Waals surface area contributed by atoms with Gasteiger partial charge in [-0.2, -0.15) is 0 Å². The maximum absolute atomic E-state index is 11.9. The van der Waals surface area contributed by atoms with Crippen molar-refractivity contribution < 1.29 is 14.3 Å². The molecule has 128 valence electrons. The van der Waals surface area contributed by atoms with E-state index in [1.54, 1.807) is 6.92 Å². The number of hydrogen-bond acceptors (Lipinski definition) is 7. The van der Waals surface area contributed by atoms with E-state index in [-0.39, 0.29) is 18.4 Å². The Morgan fingerprint density at radius 2 is 2.04 bits per heavy atom. The Balaban J connectivity index is 1.81. The highest BCUT2D eigenvalue weighted by Crippen LogP contribution is 2.34. The predicted molar refractivity (Wildman–Crippen MR) is 92.5 cm³/mol. The topological polar surface area (TPSA) is 93.2 Å². The molecule has 2 aromatic rings. The fourth-order valence-electron chi connectivity index (χ4n) is 2.47.